The van der Waals surface area contributed by atoms with Crippen LogP contribution in [0.1, 0.15) is 37.2 Å². The van der Waals surface area contributed by atoms with Gasteiger partial charge in [-0.05, 0) is 43.0 Å². The van der Waals surface area contributed by atoms with E-state index in [4.69, 9.17) is 0 Å². The van der Waals surface area contributed by atoms with Gasteiger partial charge in [-0.2, -0.15) is 0 Å². The average molecular weight is 341 g/mol. The number of rotatable bonds is 3. The predicted octanol–water partition coefficient (Wildman–Crippen LogP) is 5.01. The van der Waals surface area contributed by atoms with Crippen LogP contribution < -0.4 is 5.32 Å². The van der Waals surface area contributed by atoms with Gasteiger partial charge in [0, 0.05) is 28.9 Å². The number of aromatic hydroxyl groups is 1. The Morgan fingerprint density at radius 3 is 2.60 bits per heavy atom. The quantitative estimate of drug-likeness (QED) is 0.703. The maximum absolute atomic E-state index is 13.4. The van der Waals surface area contributed by atoms with E-state index >= 15 is 0 Å². The molecule has 1 fully saturated rings. The molecule has 2 N–H and O–H groups in total. The second kappa shape index (κ2) is 6.27. The van der Waals surface area contributed by atoms with Crippen molar-refractivity contribution in [3.63, 3.8) is 0 Å². The number of nitrogens with zero attached hydrogens (tertiary/aromatic N) is 2. The van der Waals surface area contributed by atoms with Crippen molar-refractivity contribution in [3.8, 4) is 5.75 Å². The van der Waals surface area contributed by atoms with Crippen LogP contribution in [0.15, 0.2) is 36.5 Å². The first kappa shape index (κ1) is 15.7. The van der Waals surface area contributed by atoms with Gasteiger partial charge in [0.05, 0.1) is 5.52 Å². The lowest BCUT2D eigenvalue weighted by Crippen LogP contribution is -2.01. The predicted molar refractivity (Wildman–Crippen MR) is 92.1 cm³/mol. The summed E-state index contributed by atoms with van der Waals surface area (Å²) in [5.74, 6) is -1.02. The van der Waals surface area contributed by atoms with E-state index in [1.54, 1.807) is 18.3 Å². The van der Waals surface area contributed by atoms with Gasteiger partial charge in [-0.3, -0.25) is 0 Å². The average Bonchev–Trinajstić information content (AvgIpc) is 3.12. The molecule has 1 heterocycles. The van der Waals surface area contributed by atoms with Crippen LogP contribution in [0.5, 0.6) is 5.75 Å². The Hall–Kier alpha value is -2.76. The Balaban J connectivity index is 1.75. The van der Waals surface area contributed by atoms with Crippen LogP contribution in [-0.2, 0) is 0 Å². The molecule has 0 radical (unpaired) electrons. The summed E-state index contributed by atoms with van der Waals surface area (Å²) in [5.41, 5.74) is 1.92. The van der Waals surface area contributed by atoms with Crippen molar-refractivity contribution in [1.82, 2.24) is 9.97 Å². The first-order chi connectivity index (χ1) is 12.1. The lowest BCUT2D eigenvalue weighted by atomic mass is 9.94. The number of anilines is 2. The van der Waals surface area contributed by atoms with Crippen molar-refractivity contribution < 1.29 is 13.9 Å². The minimum absolute atomic E-state index is 0.247. The molecule has 1 aliphatic carbocycles. The molecule has 1 saturated carbocycles. The number of phenolic OH excluding ortho intramolecular Hbond substituents is 1. The second-order valence-corrected chi connectivity index (χ2v) is 6.37. The van der Waals surface area contributed by atoms with Gasteiger partial charge in [0.2, 0.25) is 5.95 Å². The van der Waals surface area contributed by atoms with Crippen LogP contribution in [-0.4, -0.2) is 15.1 Å². The van der Waals surface area contributed by atoms with Crippen molar-refractivity contribution >= 4 is 22.5 Å². The van der Waals surface area contributed by atoms with E-state index in [0.717, 1.165) is 48.8 Å². The molecular weight excluding hydrogens is 324 g/mol. The number of hydrogen-bond donors (Lipinski definition) is 2. The van der Waals surface area contributed by atoms with Gasteiger partial charge in [0.15, 0.2) is 11.6 Å². The van der Waals surface area contributed by atoms with Gasteiger partial charge >= 0.3 is 0 Å². The zero-order chi connectivity index (χ0) is 17.4. The number of hydrogen-bond acceptors (Lipinski definition) is 4. The Bertz CT molecular complexity index is 939. The molecule has 6 heteroatoms. The van der Waals surface area contributed by atoms with Crippen molar-refractivity contribution in [3.05, 3.63) is 53.7 Å². The van der Waals surface area contributed by atoms with E-state index in [1.807, 2.05) is 0 Å². The first-order valence-electron chi connectivity index (χ1n) is 8.32. The molecule has 25 heavy (non-hydrogen) atoms. The Kier molecular flexibility index (Phi) is 3.95. The number of halogens is 2. The molecular formula is C19H17F2N3O. The van der Waals surface area contributed by atoms with E-state index < -0.39 is 11.6 Å². The zero-order valence-electron chi connectivity index (χ0n) is 13.5. The highest BCUT2D eigenvalue weighted by atomic mass is 19.2. The topological polar surface area (TPSA) is 58.0 Å². The number of nitrogens with one attached hydrogen (secondary N) is 1. The normalized spacial score (nSPS) is 15.0. The molecule has 0 bridgehead atoms. The molecule has 4 nitrogen and oxygen atoms in total. The highest BCUT2D eigenvalue weighted by Crippen LogP contribution is 2.41. The molecule has 0 amide bonds. The molecule has 128 valence electrons. The molecule has 1 aliphatic rings. The van der Waals surface area contributed by atoms with Crippen LogP contribution in [0.4, 0.5) is 20.4 Å². The van der Waals surface area contributed by atoms with Crippen molar-refractivity contribution in [2.24, 2.45) is 0 Å². The lowest BCUT2D eigenvalue weighted by molar-refractivity contribution is 0.462. The molecule has 0 saturated heterocycles. The van der Waals surface area contributed by atoms with Crippen LogP contribution in [0.2, 0.25) is 0 Å². The summed E-state index contributed by atoms with van der Waals surface area (Å²) in [6.07, 6.45) is 6.02. The summed E-state index contributed by atoms with van der Waals surface area (Å²) >= 11 is 0. The summed E-state index contributed by atoms with van der Waals surface area (Å²) in [7, 11) is 0. The molecule has 0 spiro atoms. The maximum atomic E-state index is 13.4. The Labute approximate surface area is 143 Å². The number of phenols is 1. The number of benzene rings is 2. The van der Waals surface area contributed by atoms with Gasteiger partial charge in [-0.1, -0.05) is 12.8 Å². The summed E-state index contributed by atoms with van der Waals surface area (Å²) in [4.78, 5) is 8.76. The summed E-state index contributed by atoms with van der Waals surface area (Å²) < 4.78 is 26.4. The minimum Gasteiger partial charge on any atom is -0.508 e. The standard InChI is InChI=1S/C19H17F2N3O/c20-14-7-6-13(9-15(14)21)23-19-22-10-12-5-8-16(25)17(18(12)24-19)11-3-1-2-4-11/h5-11,25H,1-4H2,(H,22,23,24). The fourth-order valence-corrected chi connectivity index (χ4v) is 3.49. The van der Waals surface area contributed by atoms with Gasteiger partial charge < -0.3 is 10.4 Å². The fourth-order valence-electron chi connectivity index (χ4n) is 3.49. The second-order valence-electron chi connectivity index (χ2n) is 6.37. The molecule has 4 rings (SSSR count). The zero-order valence-corrected chi connectivity index (χ0v) is 13.5. The van der Waals surface area contributed by atoms with Crippen LogP contribution in [0.3, 0.4) is 0 Å². The van der Waals surface area contributed by atoms with Crippen LogP contribution in [0, 0.1) is 11.6 Å². The van der Waals surface area contributed by atoms with E-state index in [0.29, 0.717) is 11.2 Å². The maximum Gasteiger partial charge on any atom is 0.227 e. The monoisotopic (exact) mass is 341 g/mol. The summed E-state index contributed by atoms with van der Waals surface area (Å²) in [5, 5.41) is 14.1. The SMILES string of the molecule is Oc1ccc2cnc(Nc3ccc(F)c(F)c3)nc2c1C1CCCC1. The van der Waals surface area contributed by atoms with E-state index in [1.165, 1.54) is 6.07 Å². The lowest BCUT2D eigenvalue weighted by Gasteiger charge is -2.15. The third-order valence-corrected chi connectivity index (χ3v) is 4.71. The third kappa shape index (κ3) is 2.99. The first-order valence-corrected chi connectivity index (χ1v) is 8.32. The van der Waals surface area contributed by atoms with Crippen molar-refractivity contribution in [2.45, 2.75) is 31.6 Å². The molecule has 3 aromatic rings. The van der Waals surface area contributed by atoms with Gasteiger partial charge in [0.1, 0.15) is 5.75 Å². The smallest absolute Gasteiger partial charge is 0.227 e. The van der Waals surface area contributed by atoms with Crippen LogP contribution >= 0.6 is 0 Å². The number of aromatic nitrogens is 2. The number of fused-ring (bicyclic) bond motifs is 1. The molecule has 0 aliphatic heterocycles. The summed E-state index contributed by atoms with van der Waals surface area (Å²) in [6.45, 7) is 0. The summed E-state index contributed by atoms with van der Waals surface area (Å²) in [6, 6.07) is 7.00. The Morgan fingerprint density at radius 1 is 1.04 bits per heavy atom. The van der Waals surface area contributed by atoms with Crippen molar-refractivity contribution in [1.29, 1.82) is 0 Å². The fraction of sp³-hybridized carbons (Fsp3) is 0.263. The molecule has 1 aromatic heterocycles. The highest BCUT2D eigenvalue weighted by molar-refractivity contribution is 5.85. The van der Waals surface area contributed by atoms with E-state index in [-0.39, 0.29) is 17.6 Å². The molecule has 0 atom stereocenters. The van der Waals surface area contributed by atoms with E-state index in [2.05, 4.69) is 15.3 Å². The van der Waals surface area contributed by atoms with E-state index in [9.17, 15) is 13.9 Å². The minimum atomic E-state index is -0.935. The van der Waals surface area contributed by atoms with Gasteiger partial charge in [-0.25, -0.2) is 18.7 Å². The van der Waals surface area contributed by atoms with Crippen molar-refractivity contribution in [2.75, 3.05) is 5.32 Å². The molecule has 0 unspecified atom stereocenters. The highest BCUT2D eigenvalue weighted by Gasteiger charge is 2.23. The van der Waals surface area contributed by atoms with Gasteiger partial charge in [-0.15, -0.1) is 0 Å². The third-order valence-electron chi connectivity index (χ3n) is 4.71. The Morgan fingerprint density at radius 2 is 1.84 bits per heavy atom. The largest absolute Gasteiger partial charge is 0.508 e. The molecule has 2 aromatic carbocycles. The van der Waals surface area contributed by atoms with Gasteiger partial charge in [0.25, 0.3) is 0 Å². The van der Waals surface area contributed by atoms with Crippen LogP contribution in [0.25, 0.3) is 10.9 Å².